The Bertz CT molecular complexity index is 368. The third-order valence-electron chi connectivity index (χ3n) is 3.70. The molecule has 0 fully saturated rings. The molecule has 0 amide bonds. The second-order valence-electron chi connectivity index (χ2n) is 6.78. The van der Waals surface area contributed by atoms with Crippen molar-refractivity contribution < 1.29 is 0 Å². The lowest BCUT2D eigenvalue weighted by Gasteiger charge is -2.28. The molecule has 0 saturated carbocycles. The average Bonchev–Trinajstić information content (AvgIpc) is 2.37. The lowest BCUT2D eigenvalue weighted by Crippen LogP contribution is -2.30. The molecule has 0 aliphatic carbocycles. The van der Waals surface area contributed by atoms with Crippen molar-refractivity contribution in [1.82, 2.24) is 5.32 Å². The molecule has 0 aliphatic heterocycles. The number of anilines is 1. The van der Waals surface area contributed by atoms with Gasteiger partial charge in [-0.15, -0.1) is 0 Å². The Labute approximate surface area is 125 Å². The summed E-state index contributed by atoms with van der Waals surface area (Å²) in [5.74, 6) is 1.45. The minimum absolute atomic E-state index is 0.583. The van der Waals surface area contributed by atoms with Crippen molar-refractivity contribution in [1.29, 1.82) is 0 Å². The van der Waals surface area contributed by atoms with Gasteiger partial charge in [-0.2, -0.15) is 0 Å². The van der Waals surface area contributed by atoms with E-state index in [1.165, 1.54) is 17.7 Å². The zero-order valence-electron chi connectivity index (χ0n) is 14.1. The normalized spacial score (nSPS) is 13.0. The fourth-order valence-electron chi connectivity index (χ4n) is 2.45. The molecular weight excluding hydrogens is 244 g/mol. The van der Waals surface area contributed by atoms with Crippen LogP contribution in [0.4, 0.5) is 5.69 Å². The molecule has 1 aromatic carbocycles. The SMILES string of the molecule is CC(C)CNCc1ccc(N(C)C(C)CC(C)C)cc1. The van der Waals surface area contributed by atoms with E-state index in [1.807, 2.05) is 0 Å². The molecule has 1 atom stereocenters. The van der Waals surface area contributed by atoms with Gasteiger partial charge in [-0.1, -0.05) is 39.8 Å². The summed E-state index contributed by atoms with van der Waals surface area (Å²) in [6.07, 6.45) is 1.23. The number of nitrogens with zero attached hydrogens (tertiary/aromatic N) is 1. The van der Waals surface area contributed by atoms with E-state index in [2.05, 4.69) is 76.1 Å². The Kier molecular flexibility index (Phi) is 7.08. The van der Waals surface area contributed by atoms with E-state index in [-0.39, 0.29) is 0 Å². The van der Waals surface area contributed by atoms with Crippen molar-refractivity contribution in [2.24, 2.45) is 11.8 Å². The molecule has 114 valence electrons. The number of benzene rings is 1. The van der Waals surface area contributed by atoms with Gasteiger partial charge in [0.25, 0.3) is 0 Å². The van der Waals surface area contributed by atoms with Gasteiger partial charge in [-0.3, -0.25) is 0 Å². The van der Waals surface area contributed by atoms with Crippen molar-refractivity contribution >= 4 is 5.69 Å². The molecule has 0 spiro atoms. The fourth-order valence-corrected chi connectivity index (χ4v) is 2.45. The van der Waals surface area contributed by atoms with Crippen LogP contribution < -0.4 is 10.2 Å². The Morgan fingerprint density at radius 1 is 0.950 bits per heavy atom. The first-order valence-electron chi connectivity index (χ1n) is 7.92. The molecule has 0 heterocycles. The van der Waals surface area contributed by atoms with Gasteiger partial charge in [0.15, 0.2) is 0 Å². The number of rotatable bonds is 8. The van der Waals surface area contributed by atoms with Crippen LogP contribution in [-0.4, -0.2) is 19.6 Å². The van der Waals surface area contributed by atoms with Crippen LogP contribution in [0.15, 0.2) is 24.3 Å². The number of hydrogen-bond donors (Lipinski definition) is 1. The molecule has 0 aliphatic rings. The van der Waals surface area contributed by atoms with Crippen LogP contribution in [0.1, 0.15) is 46.6 Å². The molecule has 1 unspecified atom stereocenters. The summed E-state index contributed by atoms with van der Waals surface area (Å²) in [6, 6.07) is 9.54. The number of hydrogen-bond acceptors (Lipinski definition) is 2. The summed E-state index contributed by atoms with van der Waals surface area (Å²) in [7, 11) is 2.19. The van der Waals surface area contributed by atoms with Crippen molar-refractivity contribution in [2.75, 3.05) is 18.5 Å². The summed E-state index contributed by atoms with van der Waals surface area (Å²) in [4.78, 5) is 2.38. The van der Waals surface area contributed by atoms with Gasteiger partial charge in [0.05, 0.1) is 0 Å². The molecule has 2 heteroatoms. The second kappa shape index (κ2) is 8.31. The van der Waals surface area contributed by atoms with Crippen LogP contribution in [0.5, 0.6) is 0 Å². The predicted molar refractivity (Wildman–Crippen MR) is 90.3 cm³/mol. The van der Waals surface area contributed by atoms with E-state index in [1.54, 1.807) is 0 Å². The summed E-state index contributed by atoms with van der Waals surface area (Å²) >= 11 is 0. The minimum Gasteiger partial charge on any atom is -0.372 e. The highest BCUT2D eigenvalue weighted by atomic mass is 15.1. The summed E-state index contributed by atoms with van der Waals surface area (Å²) in [5.41, 5.74) is 2.67. The van der Waals surface area contributed by atoms with Gasteiger partial charge >= 0.3 is 0 Å². The van der Waals surface area contributed by atoms with Gasteiger partial charge in [0.2, 0.25) is 0 Å². The van der Waals surface area contributed by atoms with E-state index in [0.717, 1.165) is 19.0 Å². The van der Waals surface area contributed by atoms with Crippen molar-refractivity contribution in [2.45, 2.75) is 53.6 Å². The van der Waals surface area contributed by atoms with Crippen LogP contribution >= 0.6 is 0 Å². The summed E-state index contributed by atoms with van der Waals surface area (Å²) in [5, 5.41) is 3.49. The highest BCUT2D eigenvalue weighted by Crippen LogP contribution is 2.19. The van der Waals surface area contributed by atoms with E-state index in [9.17, 15) is 0 Å². The molecule has 1 N–H and O–H groups in total. The smallest absolute Gasteiger partial charge is 0.0366 e. The molecule has 0 radical (unpaired) electrons. The predicted octanol–water partition coefficient (Wildman–Crippen LogP) is 4.30. The molecule has 1 rings (SSSR count). The average molecular weight is 276 g/mol. The summed E-state index contributed by atoms with van der Waals surface area (Å²) in [6.45, 7) is 13.4. The molecule has 0 bridgehead atoms. The second-order valence-corrected chi connectivity index (χ2v) is 6.78. The molecule has 1 aromatic rings. The zero-order valence-corrected chi connectivity index (χ0v) is 14.1. The Morgan fingerprint density at radius 2 is 1.55 bits per heavy atom. The molecule has 0 saturated heterocycles. The van der Waals surface area contributed by atoms with Crippen LogP contribution in [0.3, 0.4) is 0 Å². The van der Waals surface area contributed by atoms with E-state index in [0.29, 0.717) is 12.0 Å². The van der Waals surface area contributed by atoms with E-state index < -0.39 is 0 Å². The fraction of sp³-hybridized carbons (Fsp3) is 0.667. The Morgan fingerprint density at radius 3 is 2.05 bits per heavy atom. The van der Waals surface area contributed by atoms with Crippen LogP contribution in [0, 0.1) is 11.8 Å². The minimum atomic E-state index is 0.583. The lowest BCUT2D eigenvalue weighted by atomic mass is 10.0. The third-order valence-corrected chi connectivity index (χ3v) is 3.70. The van der Waals surface area contributed by atoms with Gasteiger partial charge in [-0.05, 0) is 49.4 Å². The van der Waals surface area contributed by atoms with Crippen molar-refractivity contribution in [3.63, 3.8) is 0 Å². The van der Waals surface area contributed by atoms with Gasteiger partial charge in [0.1, 0.15) is 0 Å². The largest absolute Gasteiger partial charge is 0.372 e. The Hall–Kier alpha value is -1.02. The lowest BCUT2D eigenvalue weighted by molar-refractivity contribution is 0.504. The zero-order chi connectivity index (χ0) is 15.1. The third kappa shape index (κ3) is 5.96. The first kappa shape index (κ1) is 17.0. The van der Waals surface area contributed by atoms with Gasteiger partial charge in [0, 0.05) is 25.3 Å². The standard InChI is InChI=1S/C18H32N2/c1-14(2)11-16(5)20(6)18-9-7-17(8-10-18)13-19-12-15(3)4/h7-10,14-16,19H,11-13H2,1-6H3. The van der Waals surface area contributed by atoms with E-state index in [4.69, 9.17) is 0 Å². The highest BCUT2D eigenvalue weighted by molar-refractivity contribution is 5.47. The Balaban J connectivity index is 2.52. The van der Waals surface area contributed by atoms with Gasteiger partial charge < -0.3 is 10.2 Å². The molecule has 0 aromatic heterocycles. The van der Waals surface area contributed by atoms with Crippen LogP contribution in [0.25, 0.3) is 0 Å². The maximum Gasteiger partial charge on any atom is 0.0366 e. The van der Waals surface area contributed by atoms with Crippen molar-refractivity contribution in [3.05, 3.63) is 29.8 Å². The molecule has 20 heavy (non-hydrogen) atoms. The van der Waals surface area contributed by atoms with Crippen LogP contribution in [-0.2, 0) is 6.54 Å². The van der Waals surface area contributed by atoms with Crippen molar-refractivity contribution in [3.8, 4) is 0 Å². The summed E-state index contributed by atoms with van der Waals surface area (Å²) < 4.78 is 0. The maximum atomic E-state index is 3.49. The monoisotopic (exact) mass is 276 g/mol. The highest BCUT2D eigenvalue weighted by Gasteiger charge is 2.11. The number of nitrogens with one attached hydrogen (secondary N) is 1. The molecular formula is C18H32N2. The first-order valence-corrected chi connectivity index (χ1v) is 7.92. The molecule has 2 nitrogen and oxygen atoms in total. The van der Waals surface area contributed by atoms with Gasteiger partial charge in [-0.25, -0.2) is 0 Å². The van der Waals surface area contributed by atoms with Crippen LogP contribution in [0.2, 0.25) is 0 Å². The quantitative estimate of drug-likeness (QED) is 0.761. The van der Waals surface area contributed by atoms with E-state index >= 15 is 0 Å². The maximum absolute atomic E-state index is 3.49. The first-order chi connectivity index (χ1) is 9.40. The topological polar surface area (TPSA) is 15.3 Å².